The van der Waals surface area contributed by atoms with Gasteiger partial charge in [-0.25, -0.2) is 0 Å². The number of hydrogen-bond donors (Lipinski definition) is 2. The summed E-state index contributed by atoms with van der Waals surface area (Å²) in [6, 6.07) is 5.75. The summed E-state index contributed by atoms with van der Waals surface area (Å²) in [4.78, 5) is 26.1. The van der Waals surface area contributed by atoms with E-state index >= 15 is 0 Å². The Kier molecular flexibility index (Phi) is 6.34. The quantitative estimate of drug-likeness (QED) is 0.630. The van der Waals surface area contributed by atoms with Crippen LogP contribution in [0.5, 0.6) is 11.5 Å². The first-order chi connectivity index (χ1) is 14.9. The number of anilines is 1. The van der Waals surface area contributed by atoms with Gasteiger partial charge in [-0.3, -0.25) is 9.59 Å². The molecule has 3 atom stereocenters. The largest absolute Gasteiger partial charge is 0.493 e. The van der Waals surface area contributed by atoms with Gasteiger partial charge in [0.05, 0.1) is 20.1 Å². The lowest BCUT2D eigenvalue weighted by Crippen LogP contribution is -2.41. The number of ether oxygens (including phenoxy) is 2. The Labute approximate surface area is 190 Å². The Bertz CT molecular complexity index is 1060. The molecule has 31 heavy (non-hydrogen) atoms. The molecule has 9 heteroatoms. The van der Waals surface area contributed by atoms with Gasteiger partial charge in [0.15, 0.2) is 15.5 Å². The van der Waals surface area contributed by atoms with Crippen LogP contribution in [0.3, 0.4) is 0 Å². The van der Waals surface area contributed by atoms with Crippen molar-refractivity contribution in [3.8, 4) is 11.5 Å². The average Bonchev–Trinajstić information content (AvgIpc) is 3.10. The van der Waals surface area contributed by atoms with E-state index in [9.17, 15) is 9.59 Å². The molecule has 7 nitrogen and oxygen atoms in total. The van der Waals surface area contributed by atoms with Gasteiger partial charge in [0.2, 0.25) is 5.91 Å². The number of aromatic nitrogens is 1. The van der Waals surface area contributed by atoms with Crippen molar-refractivity contribution in [2.45, 2.75) is 38.6 Å². The average molecular weight is 462 g/mol. The number of amides is 2. The molecule has 1 aliphatic carbocycles. The summed E-state index contributed by atoms with van der Waals surface area (Å²) in [5, 5.41) is 5.92. The highest BCUT2D eigenvalue weighted by atomic mass is 32.1. The number of nitrogens with one attached hydrogen (secondary N) is 2. The Balaban J connectivity index is 1.47. The molecule has 0 radical (unpaired) electrons. The summed E-state index contributed by atoms with van der Waals surface area (Å²) in [6.07, 6.45) is 3.49. The number of carbonyl (C=O) groups is 2. The Hall–Kier alpha value is -2.39. The van der Waals surface area contributed by atoms with Gasteiger partial charge in [-0.2, -0.15) is 0 Å². The fraction of sp³-hybridized carbons (Fsp3) is 0.500. The molecule has 2 heterocycles. The van der Waals surface area contributed by atoms with Crippen LogP contribution >= 0.6 is 23.6 Å². The number of hydrogen-bond acceptors (Lipinski definition) is 6. The first kappa shape index (κ1) is 21.8. The minimum Gasteiger partial charge on any atom is -0.493 e. The second-order valence-electron chi connectivity index (χ2n) is 8.19. The first-order valence-electron chi connectivity index (χ1n) is 10.5. The first-order valence-corrected chi connectivity index (χ1v) is 11.7. The van der Waals surface area contributed by atoms with Crippen molar-refractivity contribution >= 4 is 41.2 Å². The van der Waals surface area contributed by atoms with Gasteiger partial charge in [-0.05, 0) is 61.5 Å². The highest BCUT2D eigenvalue weighted by Gasteiger charge is 2.41. The van der Waals surface area contributed by atoms with E-state index < -0.39 is 0 Å². The van der Waals surface area contributed by atoms with Crippen molar-refractivity contribution < 1.29 is 19.1 Å². The molecule has 3 unspecified atom stereocenters. The van der Waals surface area contributed by atoms with Crippen LogP contribution in [0.1, 0.15) is 47.5 Å². The van der Waals surface area contributed by atoms with Crippen molar-refractivity contribution in [2.75, 3.05) is 26.1 Å². The second-order valence-corrected chi connectivity index (χ2v) is 9.84. The van der Waals surface area contributed by atoms with E-state index in [-0.39, 0.29) is 23.8 Å². The lowest BCUT2D eigenvalue weighted by atomic mass is 9.77. The molecule has 1 aliphatic heterocycles. The molecule has 4 rings (SSSR count). The van der Waals surface area contributed by atoms with Crippen molar-refractivity contribution in [3.63, 3.8) is 0 Å². The van der Waals surface area contributed by atoms with E-state index in [1.807, 2.05) is 22.8 Å². The number of nitrogens with zero attached hydrogens (tertiary/aromatic N) is 1. The van der Waals surface area contributed by atoms with Crippen LogP contribution in [0.2, 0.25) is 0 Å². The molecule has 166 valence electrons. The van der Waals surface area contributed by atoms with Crippen LogP contribution in [-0.4, -0.2) is 37.1 Å². The third-order valence-electron chi connectivity index (χ3n) is 6.18. The van der Waals surface area contributed by atoms with Crippen molar-refractivity contribution in [1.29, 1.82) is 0 Å². The molecule has 2 N–H and O–H groups in total. The van der Waals surface area contributed by atoms with E-state index in [0.717, 1.165) is 24.8 Å². The van der Waals surface area contributed by atoms with Gasteiger partial charge in [-0.15, -0.1) is 0 Å². The van der Waals surface area contributed by atoms with Crippen molar-refractivity contribution in [2.24, 2.45) is 11.8 Å². The number of benzene rings is 1. The molecule has 0 saturated heterocycles. The fourth-order valence-corrected chi connectivity index (χ4v) is 5.95. The van der Waals surface area contributed by atoms with Crippen LogP contribution in [0.15, 0.2) is 18.2 Å². The Morgan fingerprint density at radius 1 is 1.29 bits per heavy atom. The van der Waals surface area contributed by atoms with Gasteiger partial charge in [-0.1, -0.05) is 24.3 Å². The molecule has 2 aliphatic rings. The number of thiazole rings is 1. The lowest BCUT2D eigenvalue weighted by molar-refractivity contribution is -0.123. The molecule has 2 aromatic rings. The van der Waals surface area contributed by atoms with Gasteiger partial charge >= 0.3 is 0 Å². The maximum absolute atomic E-state index is 12.9. The summed E-state index contributed by atoms with van der Waals surface area (Å²) in [6.45, 7) is 2.64. The summed E-state index contributed by atoms with van der Waals surface area (Å²) < 4.78 is 13.2. The third-order valence-corrected chi connectivity index (χ3v) is 7.58. The van der Waals surface area contributed by atoms with Gasteiger partial charge in [0.25, 0.3) is 5.91 Å². The predicted octanol–water partition coefficient (Wildman–Crippen LogP) is 4.20. The standard InChI is InChI=1S/C22H27N3O4S2/c1-12-4-6-15-14(10-12)20(26)24-19-18(31-22(30)25(15)19)21(27)23-9-8-13-5-7-16(28-2)17(11-13)29-3/h5,7,11-12,14-15H,4,6,8-10H2,1-3H3,(H,23,27)(H,24,26). The monoisotopic (exact) mass is 461 g/mol. The van der Waals surface area contributed by atoms with Crippen LogP contribution in [-0.2, 0) is 11.2 Å². The normalized spacial score (nSPS) is 22.2. The van der Waals surface area contributed by atoms with Crippen LogP contribution < -0.4 is 20.1 Å². The molecule has 1 aromatic heterocycles. The molecule has 0 spiro atoms. The predicted molar refractivity (Wildman–Crippen MR) is 123 cm³/mol. The van der Waals surface area contributed by atoms with E-state index in [1.54, 1.807) is 14.2 Å². The molecule has 0 bridgehead atoms. The van der Waals surface area contributed by atoms with Crippen LogP contribution in [0, 0.1) is 15.8 Å². The zero-order valence-electron chi connectivity index (χ0n) is 17.9. The molecular weight excluding hydrogens is 434 g/mol. The number of methoxy groups -OCH3 is 2. The topological polar surface area (TPSA) is 81.6 Å². The van der Waals surface area contributed by atoms with Gasteiger partial charge in [0.1, 0.15) is 10.7 Å². The van der Waals surface area contributed by atoms with Crippen LogP contribution in [0.4, 0.5) is 5.82 Å². The van der Waals surface area contributed by atoms with E-state index in [0.29, 0.717) is 45.0 Å². The SMILES string of the molecule is COc1ccc(CCNC(=O)c2sc(=S)n3c2NC(=O)C2CC(C)CCC23)cc1OC. The van der Waals surface area contributed by atoms with Gasteiger partial charge in [0, 0.05) is 12.6 Å². The minimum atomic E-state index is -0.215. The smallest absolute Gasteiger partial charge is 0.265 e. The highest BCUT2D eigenvalue weighted by Crippen LogP contribution is 2.44. The molecule has 1 aromatic carbocycles. The fourth-order valence-electron chi connectivity index (χ4n) is 4.56. The molecule has 1 fully saturated rings. The van der Waals surface area contributed by atoms with Crippen molar-refractivity contribution in [3.05, 3.63) is 32.6 Å². The zero-order valence-corrected chi connectivity index (χ0v) is 19.5. The number of fused-ring (bicyclic) bond motifs is 3. The number of rotatable bonds is 6. The van der Waals surface area contributed by atoms with Gasteiger partial charge < -0.3 is 24.7 Å². The van der Waals surface area contributed by atoms with Crippen LogP contribution in [0.25, 0.3) is 0 Å². The Morgan fingerprint density at radius 2 is 2.06 bits per heavy atom. The summed E-state index contributed by atoms with van der Waals surface area (Å²) >= 11 is 6.85. The second kappa shape index (κ2) is 9.00. The van der Waals surface area contributed by atoms with E-state index in [4.69, 9.17) is 21.7 Å². The summed E-state index contributed by atoms with van der Waals surface area (Å²) in [5.41, 5.74) is 1.02. The third kappa shape index (κ3) is 4.21. The maximum Gasteiger partial charge on any atom is 0.265 e. The molecule has 2 amide bonds. The Morgan fingerprint density at radius 3 is 2.81 bits per heavy atom. The van der Waals surface area contributed by atoms with E-state index in [1.165, 1.54) is 11.3 Å². The molecule has 1 saturated carbocycles. The summed E-state index contributed by atoms with van der Waals surface area (Å²) in [7, 11) is 3.19. The number of carbonyl (C=O) groups excluding carboxylic acids is 2. The minimum absolute atomic E-state index is 0.00345. The van der Waals surface area contributed by atoms with Crippen molar-refractivity contribution in [1.82, 2.24) is 9.88 Å². The summed E-state index contributed by atoms with van der Waals surface area (Å²) in [5.74, 6) is 2.13. The highest BCUT2D eigenvalue weighted by molar-refractivity contribution is 7.73. The van der Waals surface area contributed by atoms with E-state index in [2.05, 4.69) is 17.6 Å². The maximum atomic E-state index is 12.9. The zero-order chi connectivity index (χ0) is 22.1. The lowest BCUT2D eigenvalue weighted by Gasteiger charge is -2.39. The molecular formula is C22H27N3O4S2.